The van der Waals surface area contributed by atoms with Crippen molar-refractivity contribution >= 4 is 29.9 Å². The smallest absolute Gasteiger partial charge is 0.191 e. The number of benzene rings is 1. The molecule has 0 aromatic heterocycles. The van der Waals surface area contributed by atoms with Crippen LogP contribution in [0.15, 0.2) is 35.3 Å². The van der Waals surface area contributed by atoms with E-state index in [0.29, 0.717) is 6.61 Å². The largest absolute Gasteiger partial charge is 0.381 e. The molecule has 1 aliphatic rings. The van der Waals surface area contributed by atoms with E-state index in [1.807, 2.05) is 18.2 Å². The predicted molar refractivity (Wildman–Crippen MR) is 120 cm³/mol. The highest BCUT2D eigenvalue weighted by atomic mass is 127. The van der Waals surface area contributed by atoms with E-state index in [4.69, 9.17) is 14.2 Å². The number of hydrogen-bond donors (Lipinski definition) is 2. The molecule has 1 unspecified atom stereocenters. The fourth-order valence-electron chi connectivity index (χ4n) is 3.02. The van der Waals surface area contributed by atoms with Gasteiger partial charge in [-0.25, -0.2) is 0 Å². The number of halogens is 1. The molecule has 0 spiro atoms. The molecule has 6 nitrogen and oxygen atoms in total. The van der Waals surface area contributed by atoms with Crippen LogP contribution in [0.1, 0.15) is 37.9 Å². The van der Waals surface area contributed by atoms with Crippen LogP contribution >= 0.6 is 24.0 Å². The third kappa shape index (κ3) is 8.33. The highest BCUT2D eigenvalue weighted by molar-refractivity contribution is 14.0. The van der Waals surface area contributed by atoms with Gasteiger partial charge >= 0.3 is 0 Å². The van der Waals surface area contributed by atoms with Gasteiger partial charge in [-0.1, -0.05) is 30.3 Å². The summed E-state index contributed by atoms with van der Waals surface area (Å²) in [6, 6.07) is 10.3. The lowest BCUT2D eigenvalue weighted by molar-refractivity contribution is -0.0855. The molecule has 1 atom stereocenters. The van der Waals surface area contributed by atoms with Crippen LogP contribution in [0.3, 0.4) is 0 Å². The van der Waals surface area contributed by atoms with Crippen molar-refractivity contribution < 1.29 is 14.2 Å². The zero-order valence-electron chi connectivity index (χ0n) is 16.7. The molecule has 154 valence electrons. The lowest BCUT2D eigenvalue weighted by Gasteiger charge is -2.36. The molecule has 0 amide bonds. The maximum absolute atomic E-state index is 5.90. The molecule has 7 heteroatoms. The van der Waals surface area contributed by atoms with Gasteiger partial charge in [0, 0.05) is 59.9 Å². The highest BCUT2D eigenvalue weighted by Gasteiger charge is 2.32. The number of aliphatic imine (C=N–C) groups is 1. The minimum atomic E-state index is -0.163. The SMILES string of the molecule is CN=C(NCCCOC(C)c1ccccc1)NCC1(OC)CCOCC1.I. The lowest BCUT2D eigenvalue weighted by Crippen LogP contribution is -2.50. The predicted octanol–water partition coefficient (Wildman–Crippen LogP) is 3.13. The summed E-state index contributed by atoms with van der Waals surface area (Å²) in [4.78, 5) is 4.28. The Hall–Kier alpha value is -0.900. The summed E-state index contributed by atoms with van der Waals surface area (Å²) in [7, 11) is 3.56. The molecule has 1 heterocycles. The van der Waals surface area contributed by atoms with Gasteiger partial charge in [-0.05, 0) is 18.9 Å². The zero-order valence-corrected chi connectivity index (χ0v) is 19.0. The van der Waals surface area contributed by atoms with E-state index in [2.05, 4.69) is 34.7 Å². The number of rotatable bonds is 9. The first-order valence-corrected chi connectivity index (χ1v) is 9.43. The summed E-state index contributed by atoms with van der Waals surface area (Å²) < 4.78 is 17.1. The van der Waals surface area contributed by atoms with Gasteiger partial charge in [-0.15, -0.1) is 24.0 Å². The van der Waals surface area contributed by atoms with E-state index in [0.717, 1.165) is 51.5 Å². The van der Waals surface area contributed by atoms with Gasteiger partial charge in [0.2, 0.25) is 0 Å². The summed E-state index contributed by atoms with van der Waals surface area (Å²) in [5.74, 6) is 0.795. The Balaban J connectivity index is 0.00000364. The normalized spacial score (nSPS) is 17.7. The summed E-state index contributed by atoms with van der Waals surface area (Å²) in [5, 5.41) is 6.71. The van der Waals surface area contributed by atoms with Gasteiger partial charge in [-0.3, -0.25) is 4.99 Å². The molecule has 2 rings (SSSR count). The fourth-order valence-corrected chi connectivity index (χ4v) is 3.02. The monoisotopic (exact) mass is 491 g/mol. The molecule has 1 saturated heterocycles. The Bertz CT molecular complexity index is 537. The lowest BCUT2D eigenvalue weighted by atomic mass is 9.94. The molecule has 0 saturated carbocycles. The summed E-state index contributed by atoms with van der Waals surface area (Å²) in [5.41, 5.74) is 1.05. The molecule has 0 aliphatic carbocycles. The van der Waals surface area contributed by atoms with Crippen molar-refractivity contribution in [2.45, 2.75) is 37.9 Å². The topological polar surface area (TPSA) is 64.1 Å². The first-order chi connectivity index (χ1) is 12.7. The second-order valence-electron chi connectivity index (χ2n) is 6.63. The minimum absolute atomic E-state index is 0. The van der Waals surface area contributed by atoms with Crippen molar-refractivity contribution in [3.8, 4) is 0 Å². The Morgan fingerprint density at radius 3 is 2.56 bits per heavy atom. The number of methoxy groups -OCH3 is 1. The third-order valence-electron chi connectivity index (χ3n) is 4.89. The average Bonchev–Trinajstić information content (AvgIpc) is 2.71. The van der Waals surface area contributed by atoms with Crippen molar-refractivity contribution in [3.05, 3.63) is 35.9 Å². The van der Waals surface area contributed by atoms with E-state index >= 15 is 0 Å². The number of ether oxygens (including phenoxy) is 3. The first kappa shape index (κ1) is 24.1. The van der Waals surface area contributed by atoms with Crippen LogP contribution < -0.4 is 10.6 Å². The van der Waals surface area contributed by atoms with E-state index in [9.17, 15) is 0 Å². The fraction of sp³-hybridized carbons (Fsp3) is 0.650. The van der Waals surface area contributed by atoms with Gasteiger partial charge < -0.3 is 24.8 Å². The molecule has 1 aromatic rings. The Morgan fingerprint density at radius 2 is 1.93 bits per heavy atom. The number of hydrogen-bond acceptors (Lipinski definition) is 4. The van der Waals surface area contributed by atoms with E-state index in [-0.39, 0.29) is 35.7 Å². The maximum Gasteiger partial charge on any atom is 0.191 e. The van der Waals surface area contributed by atoms with Gasteiger partial charge in [0.1, 0.15) is 0 Å². The van der Waals surface area contributed by atoms with Crippen molar-refractivity contribution in [2.24, 2.45) is 4.99 Å². The molecule has 1 fully saturated rings. The van der Waals surface area contributed by atoms with E-state index in [1.165, 1.54) is 5.56 Å². The minimum Gasteiger partial charge on any atom is -0.381 e. The van der Waals surface area contributed by atoms with Crippen LogP contribution in [0.5, 0.6) is 0 Å². The van der Waals surface area contributed by atoms with Crippen molar-refractivity contribution in [3.63, 3.8) is 0 Å². The second kappa shape index (κ2) is 13.3. The summed E-state index contributed by atoms with van der Waals surface area (Å²) in [6.45, 7) is 5.83. The molecule has 1 aliphatic heterocycles. The van der Waals surface area contributed by atoms with Gasteiger partial charge in [0.25, 0.3) is 0 Å². The van der Waals surface area contributed by atoms with Crippen LogP contribution in [0.2, 0.25) is 0 Å². The molecule has 0 bridgehead atoms. The molecule has 2 N–H and O–H groups in total. The first-order valence-electron chi connectivity index (χ1n) is 9.43. The van der Waals surface area contributed by atoms with Gasteiger partial charge in [0.15, 0.2) is 5.96 Å². The van der Waals surface area contributed by atoms with Crippen LogP contribution in [0.4, 0.5) is 0 Å². The van der Waals surface area contributed by atoms with Crippen molar-refractivity contribution in [1.29, 1.82) is 0 Å². The molecular weight excluding hydrogens is 457 g/mol. The van der Waals surface area contributed by atoms with Crippen LogP contribution in [-0.2, 0) is 14.2 Å². The van der Waals surface area contributed by atoms with Gasteiger partial charge in [-0.2, -0.15) is 0 Å². The molecule has 0 radical (unpaired) electrons. The number of nitrogens with zero attached hydrogens (tertiary/aromatic N) is 1. The summed E-state index contributed by atoms with van der Waals surface area (Å²) >= 11 is 0. The average molecular weight is 491 g/mol. The Kier molecular flexibility index (Phi) is 11.9. The number of guanidine groups is 1. The molecular formula is C20H34IN3O3. The van der Waals surface area contributed by atoms with Crippen LogP contribution in [0, 0.1) is 0 Å². The van der Waals surface area contributed by atoms with Crippen molar-refractivity contribution in [1.82, 2.24) is 10.6 Å². The molecule has 1 aromatic carbocycles. The number of nitrogens with one attached hydrogen (secondary N) is 2. The highest BCUT2D eigenvalue weighted by Crippen LogP contribution is 2.23. The Morgan fingerprint density at radius 1 is 1.22 bits per heavy atom. The van der Waals surface area contributed by atoms with E-state index in [1.54, 1.807) is 14.2 Å². The van der Waals surface area contributed by atoms with Crippen LogP contribution in [-0.4, -0.2) is 58.6 Å². The third-order valence-corrected chi connectivity index (χ3v) is 4.89. The maximum atomic E-state index is 5.90. The van der Waals surface area contributed by atoms with Crippen molar-refractivity contribution in [2.75, 3.05) is 47.1 Å². The summed E-state index contributed by atoms with van der Waals surface area (Å²) in [6.07, 6.45) is 2.84. The van der Waals surface area contributed by atoms with E-state index < -0.39 is 0 Å². The quantitative estimate of drug-likeness (QED) is 0.241. The Labute approximate surface area is 180 Å². The molecule has 27 heavy (non-hydrogen) atoms. The second-order valence-corrected chi connectivity index (χ2v) is 6.63. The zero-order chi connectivity index (χ0) is 18.7. The van der Waals surface area contributed by atoms with Gasteiger partial charge in [0.05, 0.1) is 11.7 Å². The standard InChI is InChI=1S/C20H33N3O3.HI/c1-17(18-8-5-4-6-9-18)26-13-7-12-22-19(21-2)23-16-20(24-3)10-14-25-15-11-20;/h4-6,8-9,17H,7,10-16H2,1-3H3,(H2,21,22,23);1H. The van der Waals surface area contributed by atoms with Crippen LogP contribution in [0.25, 0.3) is 0 Å².